The Labute approximate surface area is 137 Å². The molecule has 0 aliphatic heterocycles. The van der Waals surface area contributed by atoms with Crippen LogP contribution >= 0.6 is 43.5 Å². The van der Waals surface area contributed by atoms with E-state index in [2.05, 4.69) is 37.2 Å². The van der Waals surface area contributed by atoms with Gasteiger partial charge in [-0.15, -0.1) is 0 Å². The molecule has 20 heavy (non-hydrogen) atoms. The minimum absolute atomic E-state index is 0.0887. The normalized spacial score (nSPS) is 10.3. The third kappa shape index (κ3) is 3.71. The summed E-state index contributed by atoms with van der Waals surface area (Å²) in [4.78, 5) is 10.6. The zero-order valence-corrected chi connectivity index (χ0v) is 14.0. The van der Waals surface area contributed by atoms with E-state index in [1.54, 1.807) is 24.3 Å². The number of nitrogens with one attached hydrogen (secondary N) is 1. The van der Waals surface area contributed by atoms with E-state index in [0.717, 1.165) is 14.6 Å². The van der Waals surface area contributed by atoms with Crippen LogP contribution in [0.25, 0.3) is 0 Å². The molecule has 0 bridgehead atoms. The molecule has 0 saturated carbocycles. The molecule has 0 heterocycles. The number of hydrogen-bond acceptors (Lipinski definition) is 3. The molecule has 0 aliphatic carbocycles. The molecule has 2 rings (SSSR count). The van der Waals surface area contributed by atoms with Crippen molar-refractivity contribution in [2.75, 3.05) is 5.32 Å². The lowest BCUT2D eigenvalue weighted by Crippen LogP contribution is -2.03. The average molecular weight is 420 g/mol. The Balaban J connectivity index is 2.22. The van der Waals surface area contributed by atoms with Crippen LogP contribution in [-0.2, 0) is 6.54 Å². The molecule has 0 radical (unpaired) electrons. The van der Waals surface area contributed by atoms with E-state index >= 15 is 0 Å². The molecular formula is C13H9Br2ClN2O2. The van der Waals surface area contributed by atoms with Crippen LogP contribution < -0.4 is 5.32 Å². The van der Waals surface area contributed by atoms with Crippen LogP contribution in [0.1, 0.15) is 5.56 Å². The second-order valence-electron chi connectivity index (χ2n) is 4.01. The van der Waals surface area contributed by atoms with E-state index in [-0.39, 0.29) is 10.6 Å². The van der Waals surface area contributed by atoms with E-state index in [4.69, 9.17) is 11.6 Å². The number of hydrogen-bond donors (Lipinski definition) is 1. The fourth-order valence-electron chi connectivity index (χ4n) is 1.70. The van der Waals surface area contributed by atoms with Crippen molar-refractivity contribution < 1.29 is 4.92 Å². The second-order valence-corrected chi connectivity index (χ2v) is 6.21. The number of rotatable bonds is 4. The summed E-state index contributed by atoms with van der Waals surface area (Å²) < 4.78 is 1.61. The first-order valence-electron chi connectivity index (χ1n) is 5.59. The summed E-state index contributed by atoms with van der Waals surface area (Å²) in [6.45, 7) is 0.343. The summed E-state index contributed by atoms with van der Waals surface area (Å²) in [5.74, 6) is 0. The third-order valence-electron chi connectivity index (χ3n) is 2.64. The van der Waals surface area contributed by atoms with Gasteiger partial charge in [0.15, 0.2) is 0 Å². The Morgan fingerprint density at radius 3 is 2.60 bits per heavy atom. The predicted molar refractivity (Wildman–Crippen MR) is 87.3 cm³/mol. The smallest absolute Gasteiger partial charge is 0.274 e. The van der Waals surface area contributed by atoms with Crippen molar-refractivity contribution in [2.24, 2.45) is 0 Å². The maximum absolute atomic E-state index is 11.0. The third-order valence-corrected chi connectivity index (χ3v) is 4.02. The summed E-state index contributed by atoms with van der Waals surface area (Å²) in [6, 6.07) is 10.2. The molecule has 0 aromatic heterocycles. The first kappa shape index (κ1) is 15.3. The van der Waals surface area contributed by atoms with Gasteiger partial charge in [0.05, 0.1) is 4.92 Å². The number of nitro groups is 1. The van der Waals surface area contributed by atoms with Gasteiger partial charge >= 0.3 is 0 Å². The molecule has 2 aromatic rings. The van der Waals surface area contributed by atoms with E-state index < -0.39 is 0 Å². The second kappa shape index (κ2) is 6.56. The van der Waals surface area contributed by atoms with Gasteiger partial charge in [-0.3, -0.25) is 10.1 Å². The summed E-state index contributed by atoms with van der Waals surface area (Å²) in [6.07, 6.45) is 0. The van der Waals surface area contributed by atoms with Gasteiger partial charge in [-0.25, -0.2) is 0 Å². The molecule has 0 fully saturated rings. The Morgan fingerprint density at radius 2 is 1.95 bits per heavy atom. The van der Waals surface area contributed by atoms with Gasteiger partial charge in [0.2, 0.25) is 0 Å². The molecule has 0 spiro atoms. The highest BCUT2D eigenvalue weighted by molar-refractivity contribution is 9.10. The first-order valence-corrected chi connectivity index (χ1v) is 7.55. The Morgan fingerprint density at radius 1 is 1.20 bits per heavy atom. The van der Waals surface area contributed by atoms with Crippen molar-refractivity contribution in [3.8, 4) is 0 Å². The van der Waals surface area contributed by atoms with Gasteiger partial charge in [-0.1, -0.05) is 27.5 Å². The molecular weight excluding hydrogens is 411 g/mol. The topological polar surface area (TPSA) is 55.2 Å². The molecule has 0 saturated heterocycles. The van der Waals surface area contributed by atoms with E-state index in [1.165, 1.54) is 6.07 Å². The predicted octanol–water partition coefficient (Wildman–Crippen LogP) is 5.39. The summed E-state index contributed by atoms with van der Waals surface area (Å²) >= 11 is 12.6. The van der Waals surface area contributed by atoms with Crippen molar-refractivity contribution in [3.63, 3.8) is 0 Å². The standard InChI is InChI=1S/C13H9Br2ClN2O2/c14-9-1-4-13(18(19)20)8(5-9)7-17-12-3-2-10(16)6-11(12)15/h1-6,17H,7H2. The van der Waals surface area contributed by atoms with Crippen LogP contribution in [0.3, 0.4) is 0 Å². The SMILES string of the molecule is O=[N+]([O-])c1ccc(Br)cc1CNc1ccc(Cl)cc1Br. The highest BCUT2D eigenvalue weighted by Crippen LogP contribution is 2.28. The van der Waals surface area contributed by atoms with Crippen LogP contribution in [0.4, 0.5) is 11.4 Å². The van der Waals surface area contributed by atoms with Gasteiger partial charge in [0, 0.05) is 37.8 Å². The molecule has 104 valence electrons. The van der Waals surface area contributed by atoms with Crippen LogP contribution in [0.2, 0.25) is 5.02 Å². The number of anilines is 1. The lowest BCUT2D eigenvalue weighted by atomic mass is 10.2. The molecule has 0 unspecified atom stereocenters. The van der Waals surface area contributed by atoms with Crippen molar-refractivity contribution in [3.05, 3.63) is 66.0 Å². The molecule has 2 aromatic carbocycles. The maximum Gasteiger partial charge on any atom is 0.274 e. The lowest BCUT2D eigenvalue weighted by molar-refractivity contribution is -0.385. The van der Waals surface area contributed by atoms with E-state index in [0.29, 0.717) is 17.1 Å². The van der Waals surface area contributed by atoms with Crippen LogP contribution in [0.15, 0.2) is 45.3 Å². The monoisotopic (exact) mass is 418 g/mol. The fraction of sp³-hybridized carbons (Fsp3) is 0.0769. The van der Waals surface area contributed by atoms with E-state index in [9.17, 15) is 10.1 Å². The Kier molecular flexibility index (Phi) is 5.01. The summed E-state index contributed by atoms with van der Waals surface area (Å²) in [7, 11) is 0. The van der Waals surface area contributed by atoms with Crippen molar-refractivity contribution >= 4 is 54.8 Å². The number of nitrogens with zero attached hydrogens (tertiary/aromatic N) is 1. The van der Waals surface area contributed by atoms with Gasteiger partial charge < -0.3 is 5.32 Å². The van der Waals surface area contributed by atoms with Crippen molar-refractivity contribution in [2.45, 2.75) is 6.54 Å². The quantitative estimate of drug-likeness (QED) is 0.533. The fourth-order valence-corrected chi connectivity index (χ4v) is 2.93. The van der Waals surface area contributed by atoms with Gasteiger partial charge in [0.1, 0.15) is 0 Å². The van der Waals surface area contributed by atoms with Gasteiger partial charge in [0.25, 0.3) is 5.69 Å². The highest BCUT2D eigenvalue weighted by Gasteiger charge is 2.13. The average Bonchev–Trinajstić information content (AvgIpc) is 2.37. The molecule has 7 heteroatoms. The number of nitro benzene ring substituents is 1. The zero-order chi connectivity index (χ0) is 14.7. The number of benzene rings is 2. The molecule has 1 N–H and O–H groups in total. The maximum atomic E-state index is 11.0. The Hall–Kier alpha value is -1.11. The summed E-state index contributed by atoms with van der Waals surface area (Å²) in [5, 5.41) is 14.8. The van der Waals surface area contributed by atoms with Gasteiger partial charge in [-0.2, -0.15) is 0 Å². The largest absolute Gasteiger partial charge is 0.380 e. The molecule has 0 atom stereocenters. The van der Waals surface area contributed by atoms with Crippen molar-refractivity contribution in [1.29, 1.82) is 0 Å². The van der Waals surface area contributed by atoms with Crippen molar-refractivity contribution in [1.82, 2.24) is 0 Å². The van der Waals surface area contributed by atoms with Gasteiger partial charge in [-0.05, 0) is 46.3 Å². The number of halogens is 3. The minimum Gasteiger partial charge on any atom is -0.380 e. The van der Waals surface area contributed by atoms with Crippen LogP contribution in [-0.4, -0.2) is 4.92 Å². The van der Waals surface area contributed by atoms with Crippen LogP contribution in [0.5, 0.6) is 0 Å². The lowest BCUT2D eigenvalue weighted by Gasteiger charge is -2.09. The first-order chi connectivity index (χ1) is 9.47. The molecule has 4 nitrogen and oxygen atoms in total. The molecule has 0 aliphatic rings. The summed E-state index contributed by atoms with van der Waals surface area (Å²) in [5.41, 5.74) is 1.51. The Bertz CT molecular complexity index is 665. The minimum atomic E-state index is -0.389. The highest BCUT2D eigenvalue weighted by atomic mass is 79.9. The van der Waals surface area contributed by atoms with E-state index in [1.807, 2.05) is 6.07 Å². The van der Waals surface area contributed by atoms with Crippen LogP contribution in [0, 0.1) is 10.1 Å². The molecule has 0 amide bonds. The zero-order valence-electron chi connectivity index (χ0n) is 10.1.